The zero-order valence-electron chi connectivity index (χ0n) is 14.6. The van der Waals surface area contributed by atoms with Crippen molar-refractivity contribution in [1.29, 1.82) is 0 Å². The second-order valence-electron chi connectivity index (χ2n) is 5.78. The van der Waals surface area contributed by atoms with Crippen LogP contribution >= 0.6 is 11.3 Å². The number of hydrogen-bond acceptors (Lipinski definition) is 5. The molecule has 0 atom stereocenters. The first-order valence-electron chi connectivity index (χ1n) is 7.86. The van der Waals surface area contributed by atoms with Crippen LogP contribution in [0.4, 0.5) is 15.2 Å². The van der Waals surface area contributed by atoms with Gasteiger partial charge in [-0.2, -0.15) is 0 Å². The number of rotatable bonds is 5. The third kappa shape index (κ3) is 3.83. The number of anilines is 2. The van der Waals surface area contributed by atoms with E-state index in [-0.39, 0.29) is 11.7 Å². The normalized spacial score (nSPS) is 10.5. The van der Waals surface area contributed by atoms with Crippen molar-refractivity contribution in [3.8, 4) is 17.0 Å². The molecule has 0 spiro atoms. The van der Waals surface area contributed by atoms with E-state index in [1.807, 2.05) is 31.1 Å². The highest BCUT2D eigenvalue weighted by Crippen LogP contribution is 2.28. The summed E-state index contributed by atoms with van der Waals surface area (Å²) in [5.74, 6) is -0.514. The van der Waals surface area contributed by atoms with Gasteiger partial charge in [0.25, 0.3) is 5.91 Å². The maximum atomic E-state index is 13.8. The summed E-state index contributed by atoms with van der Waals surface area (Å²) in [6.07, 6.45) is 0. The van der Waals surface area contributed by atoms with Crippen LogP contribution in [0.2, 0.25) is 0 Å². The van der Waals surface area contributed by atoms with Crippen LogP contribution in [0.1, 0.15) is 10.4 Å². The molecule has 0 aliphatic heterocycles. The summed E-state index contributed by atoms with van der Waals surface area (Å²) >= 11 is 1.29. The molecule has 0 radical (unpaired) electrons. The van der Waals surface area contributed by atoms with Crippen molar-refractivity contribution in [2.45, 2.75) is 0 Å². The Morgan fingerprint density at radius 1 is 1.19 bits per heavy atom. The number of ether oxygens (including phenoxy) is 1. The fourth-order valence-corrected chi connectivity index (χ4v) is 3.08. The van der Waals surface area contributed by atoms with Crippen LogP contribution in [0.15, 0.2) is 47.8 Å². The summed E-state index contributed by atoms with van der Waals surface area (Å²) in [4.78, 5) is 18.7. The molecular formula is C19H18FN3O2S. The highest BCUT2D eigenvalue weighted by atomic mass is 32.1. The van der Waals surface area contributed by atoms with Gasteiger partial charge in [-0.15, -0.1) is 11.3 Å². The Kier molecular flexibility index (Phi) is 5.18. The fourth-order valence-electron chi connectivity index (χ4n) is 2.37. The maximum Gasteiger partial charge on any atom is 0.257 e. The van der Waals surface area contributed by atoms with Crippen LogP contribution in [-0.4, -0.2) is 32.1 Å². The van der Waals surface area contributed by atoms with Gasteiger partial charge in [0.05, 0.1) is 12.8 Å². The number of methoxy groups -OCH3 is 1. The van der Waals surface area contributed by atoms with E-state index >= 15 is 0 Å². The van der Waals surface area contributed by atoms with Crippen molar-refractivity contribution in [3.05, 3.63) is 59.2 Å². The first-order valence-corrected chi connectivity index (χ1v) is 8.74. The Labute approximate surface area is 155 Å². The fraction of sp³-hybridized carbons (Fsp3) is 0.158. The monoisotopic (exact) mass is 371 g/mol. The Morgan fingerprint density at radius 3 is 2.54 bits per heavy atom. The third-order valence-corrected chi connectivity index (χ3v) is 4.58. The second kappa shape index (κ2) is 7.53. The summed E-state index contributed by atoms with van der Waals surface area (Å²) in [6, 6.07) is 11.9. The number of benzene rings is 2. The van der Waals surface area contributed by atoms with Crippen LogP contribution in [-0.2, 0) is 0 Å². The predicted molar refractivity (Wildman–Crippen MR) is 103 cm³/mol. The highest BCUT2D eigenvalue weighted by molar-refractivity contribution is 7.14. The summed E-state index contributed by atoms with van der Waals surface area (Å²) in [5, 5.41) is 5.00. The Hall–Kier alpha value is -2.93. The topological polar surface area (TPSA) is 54.5 Å². The number of aromatic nitrogens is 1. The van der Waals surface area contributed by atoms with E-state index in [1.54, 1.807) is 29.6 Å². The molecule has 3 rings (SSSR count). The van der Waals surface area contributed by atoms with E-state index in [2.05, 4.69) is 10.3 Å². The van der Waals surface area contributed by atoms with E-state index in [4.69, 9.17) is 4.74 Å². The van der Waals surface area contributed by atoms with Gasteiger partial charge in [0.15, 0.2) is 16.7 Å². The molecule has 0 bridgehead atoms. The number of carbonyl (C=O) groups is 1. The molecule has 1 heterocycles. The van der Waals surface area contributed by atoms with Crippen molar-refractivity contribution in [2.75, 3.05) is 31.4 Å². The highest BCUT2D eigenvalue weighted by Gasteiger charge is 2.12. The van der Waals surface area contributed by atoms with Gasteiger partial charge in [-0.1, -0.05) is 0 Å². The molecule has 1 aromatic heterocycles. The van der Waals surface area contributed by atoms with Crippen molar-refractivity contribution in [2.24, 2.45) is 0 Å². The second-order valence-corrected chi connectivity index (χ2v) is 6.64. The van der Waals surface area contributed by atoms with Gasteiger partial charge in [-0.25, -0.2) is 9.37 Å². The van der Waals surface area contributed by atoms with E-state index in [0.717, 1.165) is 5.69 Å². The van der Waals surface area contributed by atoms with Gasteiger partial charge in [-0.3, -0.25) is 10.1 Å². The van der Waals surface area contributed by atoms with Crippen LogP contribution in [0.3, 0.4) is 0 Å². The van der Waals surface area contributed by atoms with Gasteiger partial charge < -0.3 is 9.64 Å². The minimum absolute atomic E-state index is 0.179. The Balaban J connectivity index is 1.73. The molecule has 0 saturated carbocycles. The minimum atomic E-state index is -0.454. The summed E-state index contributed by atoms with van der Waals surface area (Å²) in [5.41, 5.74) is 2.77. The van der Waals surface area contributed by atoms with E-state index in [1.165, 1.54) is 24.5 Å². The molecule has 2 aromatic carbocycles. The standard InChI is InChI=1S/C19H18FN3O2S/c1-23(2)14-7-4-12(5-8-14)18(24)22-19-21-16(11-26-19)13-6-9-17(25-3)15(20)10-13/h4-11H,1-3H3,(H,21,22,24). The summed E-state index contributed by atoms with van der Waals surface area (Å²) in [7, 11) is 5.29. The Bertz CT molecular complexity index is 923. The first-order chi connectivity index (χ1) is 12.5. The molecule has 1 amide bonds. The van der Waals surface area contributed by atoms with Crippen LogP contribution in [0.5, 0.6) is 5.75 Å². The molecule has 0 fully saturated rings. The van der Waals surface area contributed by atoms with Gasteiger partial charge in [0.2, 0.25) is 0 Å². The average molecular weight is 371 g/mol. The number of nitrogens with zero attached hydrogens (tertiary/aromatic N) is 2. The molecule has 7 heteroatoms. The molecule has 5 nitrogen and oxygen atoms in total. The molecular weight excluding hydrogens is 353 g/mol. The number of amides is 1. The number of nitrogens with one attached hydrogen (secondary N) is 1. The summed E-state index contributed by atoms with van der Waals surface area (Å²) in [6.45, 7) is 0. The molecule has 134 valence electrons. The molecule has 3 aromatic rings. The molecule has 26 heavy (non-hydrogen) atoms. The molecule has 0 unspecified atom stereocenters. The van der Waals surface area contributed by atoms with E-state index in [9.17, 15) is 9.18 Å². The van der Waals surface area contributed by atoms with Crippen molar-refractivity contribution >= 4 is 28.1 Å². The lowest BCUT2D eigenvalue weighted by Gasteiger charge is -2.12. The average Bonchev–Trinajstić information content (AvgIpc) is 3.10. The smallest absolute Gasteiger partial charge is 0.257 e. The Morgan fingerprint density at radius 2 is 1.92 bits per heavy atom. The van der Waals surface area contributed by atoms with Crippen LogP contribution < -0.4 is 15.0 Å². The van der Waals surface area contributed by atoms with Gasteiger partial charge in [0, 0.05) is 36.3 Å². The van der Waals surface area contributed by atoms with Gasteiger partial charge in [0.1, 0.15) is 0 Å². The minimum Gasteiger partial charge on any atom is -0.494 e. The number of carbonyl (C=O) groups excluding carboxylic acids is 1. The lowest BCUT2D eigenvalue weighted by atomic mass is 10.1. The van der Waals surface area contributed by atoms with E-state index in [0.29, 0.717) is 22.0 Å². The van der Waals surface area contributed by atoms with Crippen LogP contribution in [0, 0.1) is 5.82 Å². The third-order valence-electron chi connectivity index (χ3n) is 3.82. The molecule has 1 N–H and O–H groups in total. The zero-order chi connectivity index (χ0) is 18.7. The number of halogens is 1. The van der Waals surface area contributed by atoms with E-state index < -0.39 is 5.82 Å². The zero-order valence-corrected chi connectivity index (χ0v) is 15.4. The van der Waals surface area contributed by atoms with Crippen molar-refractivity contribution < 1.29 is 13.9 Å². The maximum absolute atomic E-state index is 13.8. The number of thiazole rings is 1. The quantitative estimate of drug-likeness (QED) is 0.727. The largest absolute Gasteiger partial charge is 0.494 e. The molecule has 0 aliphatic carbocycles. The number of hydrogen-bond donors (Lipinski definition) is 1. The lowest BCUT2D eigenvalue weighted by molar-refractivity contribution is 0.102. The molecule has 0 saturated heterocycles. The van der Waals surface area contributed by atoms with Gasteiger partial charge in [-0.05, 0) is 42.5 Å². The van der Waals surface area contributed by atoms with Crippen molar-refractivity contribution in [1.82, 2.24) is 4.98 Å². The van der Waals surface area contributed by atoms with Gasteiger partial charge >= 0.3 is 0 Å². The predicted octanol–water partition coefficient (Wildman–Crippen LogP) is 4.28. The molecule has 0 aliphatic rings. The lowest BCUT2D eigenvalue weighted by Crippen LogP contribution is -2.13. The first kappa shape index (κ1) is 17.9. The van der Waals surface area contributed by atoms with Crippen LogP contribution in [0.25, 0.3) is 11.3 Å². The SMILES string of the molecule is COc1ccc(-c2csc(NC(=O)c3ccc(N(C)C)cc3)n2)cc1F. The summed E-state index contributed by atoms with van der Waals surface area (Å²) < 4.78 is 18.8. The van der Waals surface area contributed by atoms with Crippen molar-refractivity contribution in [3.63, 3.8) is 0 Å².